The molecule has 2 rings (SSSR count). The predicted octanol–water partition coefficient (Wildman–Crippen LogP) is 4.32. The molecule has 3 N–H and O–H groups in total. The number of thiocarbonyl (C=S) groups is 1. The van der Waals surface area contributed by atoms with E-state index in [1.165, 1.54) is 25.7 Å². The van der Waals surface area contributed by atoms with Crippen molar-refractivity contribution < 1.29 is 0 Å². The summed E-state index contributed by atoms with van der Waals surface area (Å²) in [6.45, 7) is 3.37. The number of nitrogens with one attached hydrogen (secondary N) is 1. The van der Waals surface area contributed by atoms with E-state index in [9.17, 15) is 0 Å². The van der Waals surface area contributed by atoms with Crippen LogP contribution in [0.15, 0.2) is 22.7 Å². The van der Waals surface area contributed by atoms with E-state index in [1.807, 2.05) is 18.2 Å². The second-order valence-corrected chi connectivity index (χ2v) is 6.72. The lowest BCUT2D eigenvalue weighted by Crippen LogP contribution is -2.25. The molecule has 19 heavy (non-hydrogen) atoms. The van der Waals surface area contributed by atoms with Crippen molar-refractivity contribution in [3.05, 3.63) is 28.2 Å². The molecule has 0 heterocycles. The molecule has 1 aromatic carbocycles. The van der Waals surface area contributed by atoms with Gasteiger partial charge < -0.3 is 11.1 Å². The van der Waals surface area contributed by atoms with Crippen LogP contribution >= 0.6 is 28.1 Å². The van der Waals surface area contributed by atoms with Crippen LogP contribution in [0.25, 0.3) is 0 Å². The molecular weight excluding hydrogens is 320 g/mol. The highest BCUT2D eigenvalue weighted by Crippen LogP contribution is 2.31. The van der Waals surface area contributed by atoms with E-state index in [4.69, 9.17) is 18.0 Å². The largest absolute Gasteiger partial charge is 0.389 e. The summed E-state index contributed by atoms with van der Waals surface area (Å²) in [5, 5.41) is 3.54. The summed E-state index contributed by atoms with van der Waals surface area (Å²) in [5.74, 6) is 1.56. The average Bonchev–Trinajstić information content (AvgIpc) is 2.37. The third-order valence-corrected chi connectivity index (χ3v) is 4.97. The number of rotatable bonds is 4. The summed E-state index contributed by atoms with van der Waals surface area (Å²) >= 11 is 8.66. The smallest absolute Gasteiger partial charge is 0.107 e. The Bertz CT molecular complexity index is 461. The van der Waals surface area contributed by atoms with Crippen LogP contribution in [0.4, 0.5) is 5.69 Å². The Kier molecular flexibility index (Phi) is 5.22. The molecule has 0 spiro atoms. The molecule has 0 amide bonds. The highest BCUT2D eigenvalue weighted by Gasteiger charge is 2.21. The van der Waals surface area contributed by atoms with Crippen molar-refractivity contribution in [3.8, 4) is 0 Å². The fourth-order valence-corrected chi connectivity index (χ4v) is 3.79. The standard InChI is InChI=1S/C15H21BrN2S/c1-10-5-2-3-6-11(10)9-18-13-8-4-7-12(16)14(13)15(17)19/h4,7-8,10-11,18H,2-3,5-6,9H2,1H3,(H2,17,19). The lowest BCUT2D eigenvalue weighted by molar-refractivity contribution is 0.268. The molecule has 2 atom stereocenters. The van der Waals surface area contributed by atoms with Crippen LogP contribution in [-0.4, -0.2) is 11.5 Å². The Morgan fingerprint density at radius 2 is 2.16 bits per heavy atom. The highest BCUT2D eigenvalue weighted by molar-refractivity contribution is 9.10. The fraction of sp³-hybridized carbons (Fsp3) is 0.533. The summed E-state index contributed by atoms with van der Waals surface area (Å²) in [4.78, 5) is 0.437. The van der Waals surface area contributed by atoms with Gasteiger partial charge in [-0.05, 0) is 46.3 Å². The Balaban J connectivity index is 2.07. The minimum absolute atomic E-state index is 0.437. The van der Waals surface area contributed by atoms with Crippen molar-refractivity contribution in [3.63, 3.8) is 0 Å². The third-order valence-electron chi connectivity index (χ3n) is 4.10. The first-order valence-electron chi connectivity index (χ1n) is 6.91. The van der Waals surface area contributed by atoms with Crippen LogP contribution in [0.1, 0.15) is 38.2 Å². The Morgan fingerprint density at radius 1 is 1.42 bits per heavy atom. The summed E-state index contributed by atoms with van der Waals surface area (Å²) < 4.78 is 0.960. The van der Waals surface area contributed by atoms with Crippen LogP contribution in [-0.2, 0) is 0 Å². The first-order chi connectivity index (χ1) is 9.09. The van der Waals surface area contributed by atoms with Crippen LogP contribution in [0.3, 0.4) is 0 Å². The van der Waals surface area contributed by atoms with Crippen molar-refractivity contribution in [2.45, 2.75) is 32.6 Å². The zero-order valence-corrected chi connectivity index (χ0v) is 13.7. The zero-order chi connectivity index (χ0) is 13.8. The van der Waals surface area contributed by atoms with Crippen LogP contribution in [0, 0.1) is 11.8 Å². The van der Waals surface area contributed by atoms with Crippen LogP contribution in [0.2, 0.25) is 0 Å². The van der Waals surface area contributed by atoms with E-state index >= 15 is 0 Å². The molecule has 0 aliphatic heterocycles. The van der Waals surface area contributed by atoms with Crippen molar-refractivity contribution >= 4 is 38.8 Å². The molecular formula is C15H21BrN2S. The molecule has 2 nitrogen and oxygen atoms in total. The molecule has 0 saturated heterocycles. The zero-order valence-electron chi connectivity index (χ0n) is 11.3. The van der Waals surface area contributed by atoms with Gasteiger partial charge in [0.15, 0.2) is 0 Å². The maximum atomic E-state index is 5.81. The number of nitrogens with two attached hydrogens (primary N) is 1. The topological polar surface area (TPSA) is 38.0 Å². The molecule has 1 saturated carbocycles. The minimum atomic E-state index is 0.437. The Hall–Kier alpha value is -0.610. The first kappa shape index (κ1) is 14.8. The van der Waals surface area contributed by atoms with Gasteiger partial charge in [0.25, 0.3) is 0 Å². The Morgan fingerprint density at radius 3 is 2.84 bits per heavy atom. The van der Waals surface area contributed by atoms with Gasteiger partial charge in [0, 0.05) is 22.3 Å². The van der Waals surface area contributed by atoms with E-state index in [0.717, 1.165) is 34.1 Å². The molecule has 104 valence electrons. The van der Waals surface area contributed by atoms with E-state index < -0.39 is 0 Å². The van der Waals surface area contributed by atoms with E-state index in [0.29, 0.717) is 4.99 Å². The number of benzene rings is 1. The first-order valence-corrected chi connectivity index (χ1v) is 8.12. The van der Waals surface area contributed by atoms with Crippen LogP contribution in [0.5, 0.6) is 0 Å². The van der Waals surface area contributed by atoms with Crippen molar-refractivity contribution in [2.75, 3.05) is 11.9 Å². The molecule has 0 aromatic heterocycles. The summed E-state index contributed by atoms with van der Waals surface area (Å²) in [6, 6.07) is 6.04. The summed E-state index contributed by atoms with van der Waals surface area (Å²) in [7, 11) is 0. The van der Waals surface area contributed by atoms with Gasteiger partial charge in [-0.3, -0.25) is 0 Å². The number of halogens is 1. The monoisotopic (exact) mass is 340 g/mol. The third kappa shape index (κ3) is 3.69. The molecule has 0 bridgehead atoms. The predicted molar refractivity (Wildman–Crippen MR) is 89.6 cm³/mol. The second kappa shape index (κ2) is 6.71. The van der Waals surface area contributed by atoms with Crippen molar-refractivity contribution in [1.82, 2.24) is 0 Å². The lowest BCUT2D eigenvalue weighted by atomic mass is 9.80. The minimum Gasteiger partial charge on any atom is -0.389 e. The maximum Gasteiger partial charge on any atom is 0.107 e. The van der Waals surface area contributed by atoms with Crippen molar-refractivity contribution in [1.29, 1.82) is 0 Å². The van der Waals surface area contributed by atoms with Gasteiger partial charge in [-0.15, -0.1) is 0 Å². The quantitative estimate of drug-likeness (QED) is 0.801. The van der Waals surface area contributed by atoms with Gasteiger partial charge in [-0.1, -0.05) is 44.5 Å². The number of hydrogen-bond donors (Lipinski definition) is 2. The number of anilines is 1. The van der Waals surface area contributed by atoms with Crippen molar-refractivity contribution in [2.24, 2.45) is 17.6 Å². The van der Waals surface area contributed by atoms with Gasteiger partial charge in [0.2, 0.25) is 0 Å². The summed E-state index contributed by atoms with van der Waals surface area (Å²) in [6.07, 6.45) is 5.42. The average molecular weight is 341 g/mol. The SMILES string of the molecule is CC1CCCCC1CNc1cccc(Br)c1C(N)=S. The molecule has 4 heteroatoms. The van der Waals surface area contributed by atoms with Gasteiger partial charge in [-0.25, -0.2) is 0 Å². The lowest BCUT2D eigenvalue weighted by Gasteiger charge is -2.29. The molecule has 2 unspecified atom stereocenters. The number of hydrogen-bond acceptors (Lipinski definition) is 2. The highest BCUT2D eigenvalue weighted by atomic mass is 79.9. The summed E-state index contributed by atoms with van der Waals surface area (Å²) in [5.41, 5.74) is 7.77. The Labute approximate surface area is 129 Å². The van der Waals surface area contributed by atoms with Gasteiger partial charge in [0.05, 0.1) is 0 Å². The molecule has 1 fully saturated rings. The maximum absolute atomic E-state index is 5.81. The van der Waals surface area contributed by atoms with E-state index in [2.05, 4.69) is 28.2 Å². The molecule has 1 aliphatic rings. The normalized spacial score (nSPS) is 23.1. The van der Waals surface area contributed by atoms with Gasteiger partial charge in [0.1, 0.15) is 4.99 Å². The fourth-order valence-electron chi connectivity index (χ4n) is 2.86. The van der Waals surface area contributed by atoms with Crippen LogP contribution < -0.4 is 11.1 Å². The molecule has 1 aromatic rings. The van der Waals surface area contributed by atoms with E-state index in [-0.39, 0.29) is 0 Å². The second-order valence-electron chi connectivity index (χ2n) is 5.43. The van der Waals surface area contributed by atoms with Gasteiger partial charge in [-0.2, -0.15) is 0 Å². The molecule has 0 radical (unpaired) electrons. The van der Waals surface area contributed by atoms with E-state index in [1.54, 1.807) is 0 Å². The van der Waals surface area contributed by atoms with Gasteiger partial charge >= 0.3 is 0 Å². The molecule has 1 aliphatic carbocycles.